The van der Waals surface area contributed by atoms with Gasteiger partial charge in [-0.25, -0.2) is 0 Å². The highest BCUT2D eigenvalue weighted by atomic mass is 16.3. The van der Waals surface area contributed by atoms with E-state index in [1.807, 2.05) is 32.0 Å². The van der Waals surface area contributed by atoms with Crippen LogP contribution in [0, 0.1) is 5.92 Å². The molecule has 0 radical (unpaired) electrons. The monoisotopic (exact) mass is 304 g/mol. The van der Waals surface area contributed by atoms with Gasteiger partial charge in [0.2, 0.25) is 0 Å². The van der Waals surface area contributed by atoms with Crippen molar-refractivity contribution in [3.8, 4) is 0 Å². The van der Waals surface area contributed by atoms with Crippen LogP contribution in [0.5, 0.6) is 0 Å². The van der Waals surface area contributed by atoms with E-state index in [4.69, 9.17) is 5.11 Å². The summed E-state index contributed by atoms with van der Waals surface area (Å²) in [5.74, 6) is -1.01. The van der Waals surface area contributed by atoms with Crippen LogP contribution in [0.4, 0.5) is 5.69 Å². The average Bonchev–Trinajstić information content (AvgIpc) is 3.03. The van der Waals surface area contributed by atoms with E-state index in [-0.39, 0.29) is 12.5 Å². The topological polar surface area (TPSA) is 69.6 Å². The number of benzene rings is 1. The lowest BCUT2D eigenvalue weighted by molar-refractivity contribution is -0.142. The van der Waals surface area contributed by atoms with Gasteiger partial charge in [-0.15, -0.1) is 0 Å². The number of rotatable bonds is 4. The zero-order chi connectivity index (χ0) is 16.1. The molecule has 1 saturated heterocycles. The minimum Gasteiger partial charge on any atom is -0.396 e. The van der Waals surface area contributed by atoms with Crippen LogP contribution < -0.4 is 5.32 Å². The molecule has 0 aliphatic carbocycles. The third kappa shape index (κ3) is 3.47. The van der Waals surface area contributed by atoms with Crippen molar-refractivity contribution in [2.75, 3.05) is 25.0 Å². The van der Waals surface area contributed by atoms with Gasteiger partial charge in [0.1, 0.15) is 0 Å². The van der Waals surface area contributed by atoms with E-state index in [9.17, 15) is 9.59 Å². The van der Waals surface area contributed by atoms with E-state index in [0.717, 1.165) is 36.1 Å². The van der Waals surface area contributed by atoms with E-state index >= 15 is 0 Å². The minimum atomic E-state index is -0.589. The number of carbonyl (C=O) groups excluding carboxylic acids is 2. The number of hydrogen-bond donors (Lipinski definition) is 2. The fraction of sp³-hybridized carbons (Fsp3) is 0.529. The lowest BCUT2D eigenvalue weighted by atomic mass is 10.0. The first-order valence-corrected chi connectivity index (χ1v) is 7.92. The first-order valence-electron chi connectivity index (χ1n) is 7.92. The summed E-state index contributed by atoms with van der Waals surface area (Å²) in [5, 5.41) is 11.9. The number of nitrogens with zero attached hydrogens (tertiary/aromatic N) is 1. The Hall–Kier alpha value is -1.88. The van der Waals surface area contributed by atoms with Gasteiger partial charge < -0.3 is 15.3 Å². The lowest BCUT2D eigenvalue weighted by Crippen LogP contribution is -2.38. The molecule has 5 nitrogen and oxygen atoms in total. The SMILES string of the molecule is CCc1cccc(CC)c1NC(=O)C(=O)N1CCC(CO)C1. The van der Waals surface area contributed by atoms with Gasteiger partial charge in [0.15, 0.2) is 0 Å². The summed E-state index contributed by atoms with van der Waals surface area (Å²) in [6.45, 7) is 5.10. The number of para-hydroxylation sites is 1. The van der Waals surface area contributed by atoms with Gasteiger partial charge in [0.05, 0.1) is 0 Å². The molecule has 0 saturated carbocycles. The third-order valence-electron chi connectivity index (χ3n) is 4.26. The smallest absolute Gasteiger partial charge is 0.313 e. The molecule has 2 N–H and O–H groups in total. The Bertz CT molecular complexity index is 535. The number of likely N-dealkylation sites (tertiary alicyclic amines) is 1. The van der Waals surface area contributed by atoms with Gasteiger partial charge in [-0.1, -0.05) is 32.0 Å². The summed E-state index contributed by atoms with van der Waals surface area (Å²) in [4.78, 5) is 26.0. The van der Waals surface area contributed by atoms with Crippen LogP contribution in [0.25, 0.3) is 0 Å². The van der Waals surface area contributed by atoms with Crippen LogP contribution in [0.2, 0.25) is 0 Å². The van der Waals surface area contributed by atoms with Gasteiger partial charge in [-0.2, -0.15) is 0 Å². The number of amides is 2. The van der Waals surface area contributed by atoms with Gasteiger partial charge in [0.25, 0.3) is 0 Å². The van der Waals surface area contributed by atoms with E-state index < -0.39 is 11.8 Å². The first-order chi connectivity index (χ1) is 10.6. The second kappa shape index (κ2) is 7.40. The molecule has 1 aliphatic heterocycles. The second-order valence-electron chi connectivity index (χ2n) is 5.70. The minimum absolute atomic E-state index is 0.0596. The van der Waals surface area contributed by atoms with Gasteiger partial charge in [0, 0.05) is 31.3 Å². The van der Waals surface area contributed by atoms with Crippen LogP contribution >= 0.6 is 0 Å². The Morgan fingerprint density at radius 2 is 1.91 bits per heavy atom. The molecule has 1 heterocycles. The van der Waals surface area contributed by atoms with Gasteiger partial charge in [-0.05, 0) is 30.4 Å². The van der Waals surface area contributed by atoms with E-state index in [1.165, 1.54) is 4.90 Å². The highest BCUT2D eigenvalue weighted by molar-refractivity contribution is 6.39. The van der Waals surface area contributed by atoms with E-state index in [1.54, 1.807) is 0 Å². The Balaban J connectivity index is 2.10. The molecule has 1 atom stereocenters. The van der Waals surface area contributed by atoms with Crippen molar-refractivity contribution in [2.24, 2.45) is 5.92 Å². The zero-order valence-corrected chi connectivity index (χ0v) is 13.3. The van der Waals surface area contributed by atoms with Crippen LogP contribution in [0.1, 0.15) is 31.4 Å². The summed E-state index contributed by atoms with van der Waals surface area (Å²) in [5.41, 5.74) is 2.84. The molecule has 2 amide bonds. The van der Waals surface area contributed by atoms with Crippen molar-refractivity contribution in [2.45, 2.75) is 33.1 Å². The highest BCUT2D eigenvalue weighted by Gasteiger charge is 2.30. The number of hydrogen-bond acceptors (Lipinski definition) is 3. The number of carbonyl (C=O) groups is 2. The maximum Gasteiger partial charge on any atom is 0.313 e. The molecular weight excluding hydrogens is 280 g/mol. The Morgan fingerprint density at radius 1 is 1.27 bits per heavy atom. The van der Waals surface area contributed by atoms with Gasteiger partial charge >= 0.3 is 11.8 Å². The predicted molar refractivity (Wildman–Crippen MR) is 85.6 cm³/mol. The maximum absolute atomic E-state index is 12.3. The maximum atomic E-state index is 12.3. The molecule has 2 rings (SSSR count). The molecule has 1 unspecified atom stereocenters. The van der Waals surface area contributed by atoms with Crippen LogP contribution in [0.3, 0.4) is 0 Å². The van der Waals surface area contributed by atoms with E-state index in [2.05, 4.69) is 5.32 Å². The molecule has 0 bridgehead atoms. The lowest BCUT2D eigenvalue weighted by Gasteiger charge is -2.18. The Kier molecular flexibility index (Phi) is 5.55. The second-order valence-corrected chi connectivity index (χ2v) is 5.70. The highest BCUT2D eigenvalue weighted by Crippen LogP contribution is 2.23. The summed E-state index contributed by atoms with van der Waals surface area (Å²) < 4.78 is 0. The number of anilines is 1. The molecular formula is C17H24N2O3. The predicted octanol–water partition coefficient (Wildman–Crippen LogP) is 1.59. The van der Waals surface area contributed by atoms with Crippen molar-refractivity contribution < 1.29 is 14.7 Å². The largest absolute Gasteiger partial charge is 0.396 e. The standard InChI is InChI=1S/C17H24N2O3/c1-3-13-6-5-7-14(4-2)15(13)18-16(21)17(22)19-9-8-12(10-19)11-20/h5-7,12,20H,3-4,8-11H2,1-2H3,(H,18,21). The summed E-state index contributed by atoms with van der Waals surface area (Å²) >= 11 is 0. The molecule has 5 heteroatoms. The molecule has 0 spiro atoms. The average molecular weight is 304 g/mol. The Morgan fingerprint density at radius 3 is 2.41 bits per heavy atom. The van der Waals surface area contributed by atoms with Crippen molar-refractivity contribution in [1.82, 2.24) is 4.90 Å². The van der Waals surface area contributed by atoms with Gasteiger partial charge in [-0.3, -0.25) is 9.59 Å². The number of aliphatic hydroxyl groups is 1. The zero-order valence-electron chi connectivity index (χ0n) is 13.3. The molecule has 1 aromatic rings. The van der Waals surface area contributed by atoms with E-state index in [0.29, 0.717) is 13.1 Å². The van der Waals surface area contributed by atoms with Crippen LogP contribution in [0.15, 0.2) is 18.2 Å². The molecule has 1 fully saturated rings. The number of aliphatic hydroxyl groups excluding tert-OH is 1. The molecule has 1 aromatic carbocycles. The summed E-state index contributed by atoms with van der Waals surface area (Å²) in [6, 6.07) is 5.91. The summed E-state index contributed by atoms with van der Waals surface area (Å²) in [7, 11) is 0. The molecule has 120 valence electrons. The third-order valence-corrected chi connectivity index (χ3v) is 4.26. The first kappa shape index (κ1) is 16.5. The molecule has 22 heavy (non-hydrogen) atoms. The normalized spacial score (nSPS) is 17.6. The summed E-state index contributed by atoms with van der Waals surface area (Å²) in [6.07, 6.45) is 2.35. The van der Waals surface area contributed by atoms with Crippen molar-refractivity contribution in [3.63, 3.8) is 0 Å². The van der Waals surface area contributed by atoms with Crippen LogP contribution in [-0.2, 0) is 22.4 Å². The van der Waals surface area contributed by atoms with Crippen LogP contribution in [-0.4, -0.2) is 41.5 Å². The number of nitrogens with one attached hydrogen (secondary N) is 1. The molecule has 1 aliphatic rings. The fourth-order valence-corrected chi connectivity index (χ4v) is 2.88. The molecule has 0 aromatic heterocycles. The van der Waals surface area contributed by atoms with Crippen molar-refractivity contribution in [1.29, 1.82) is 0 Å². The fourth-order valence-electron chi connectivity index (χ4n) is 2.88. The number of aryl methyl sites for hydroxylation is 2. The quantitative estimate of drug-likeness (QED) is 0.830. The van der Waals surface area contributed by atoms with Crippen molar-refractivity contribution >= 4 is 17.5 Å². The Labute approximate surface area is 131 Å². The van der Waals surface area contributed by atoms with Crippen molar-refractivity contribution in [3.05, 3.63) is 29.3 Å².